The first-order valence-electron chi connectivity index (χ1n) is 7.31. The van der Waals surface area contributed by atoms with Crippen LogP contribution in [-0.2, 0) is 20.3 Å². The fourth-order valence-electron chi connectivity index (χ4n) is 3.57. The van der Waals surface area contributed by atoms with Crippen LogP contribution in [-0.4, -0.2) is 44.4 Å². The van der Waals surface area contributed by atoms with Crippen molar-refractivity contribution in [2.24, 2.45) is 5.92 Å². The summed E-state index contributed by atoms with van der Waals surface area (Å²) in [5.74, 6) is 0.235. The van der Waals surface area contributed by atoms with E-state index >= 15 is 0 Å². The van der Waals surface area contributed by atoms with Gasteiger partial charge in [-0.25, -0.2) is 8.42 Å². The monoisotopic (exact) mass is 329 g/mol. The molecule has 3 rings (SSSR count). The van der Waals surface area contributed by atoms with Gasteiger partial charge in [0.05, 0.1) is 19.0 Å². The van der Waals surface area contributed by atoms with Crippen LogP contribution in [0.25, 0.3) is 0 Å². The summed E-state index contributed by atoms with van der Waals surface area (Å²) in [5, 5.41) is 0. The molecule has 2 bridgehead atoms. The molecule has 2 atom stereocenters. The molecule has 0 spiro atoms. The quantitative estimate of drug-likeness (QED) is 0.795. The van der Waals surface area contributed by atoms with E-state index in [1.807, 2.05) is 6.07 Å². The third-order valence-electron chi connectivity index (χ3n) is 4.41. The molecule has 0 aliphatic carbocycles. The van der Waals surface area contributed by atoms with Crippen LogP contribution < -0.4 is 0 Å². The molecule has 6 heteroatoms. The van der Waals surface area contributed by atoms with Crippen LogP contribution in [0.15, 0.2) is 30.3 Å². The second kappa shape index (κ2) is 6.24. The maximum atomic E-state index is 11.3. The van der Waals surface area contributed by atoms with Crippen molar-refractivity contribution in [3.8, 4) is 0 Å². The average Bonchev–Trinajstić information content (AvgIpc) is 2.39. The molecule has 2 heterocycles. The predicted molar refractivity (Wildman–Crippen MR) is 82.7 cm³/mol. The van der Waals surface area contributed by atoms with E-state index in [1.165, 1.54) is 5.56 Å². The molecule has 0 saturated carbocycles. The van der Waals surface area contributed by atoms with E-state index in [-0.39, 0.29) is 11.7 Å². The van der Waals surface area contributed by atoms with Crippen LogP contribution >= 0.6 is 10.7 Å². The molecule has 0 amide bonds. The highest BCUT2D eigenvalue weighted by atomic mass is 35.7. The number of halogens is 1. The molecule has 2 aliphatic rings. The SMILES string of the molecule is O=S(=O)(Cl)CC1CC2COCC(C1)N2Cc1ccccc1. The van der Waals surface area contributed by atoms with E-state index in [2.05, 4.69) is 29.2 Å². The molecule has 2 fully saturated rings. The zero-order chi connectivity index (χ0) is 14.9. The topological polar surface area (TPSA) is 46.6 Å². The lowest BCUT2D eigenvalue weighted by atomic mass is 9.86. The fourth-order valence-corrected chi connectivity index (χ4v) is 4.94. The number of piperidine rings is 1. The first-order valence-corrected chi connectivity index (χ1v) is 9.79. The minimum Gasteiger partial charge on any atom is -0.378 e. The van der Waals surface area contributed by atoms with Gasteiger partial charge in [0.15, 0.2) is 0 Å². The van der Waals surface area contributed by atoms with E-state index in [9.17, 15) is 8.42 Å². The van der Waals surface area contributed by atoms with Crippen LogP contribution in [0.2, 0.25) is 0 Å². The Balaban J connectivity index is 1.70. The Kier molecular flexibility index (Phi) is 4.54. The molecule has 21 heavy (non-hydrogen) atoms. The van der Waals surface area contributed by atoms with E-state index in [1.54, 1.807) is 0 Å². The molecule has 116 valence electrons. The van der Waals surface area contributed by atoms with Crippen LogP contribution in [0.5, 0.6) is 0 Å². The van der Waals surface area contributed by atoms with Crippen molar-refractivity contribution < 1.29 is 13.2 Å². The molecule has 0 radical (unpaired) electrons. The number of morpholine rings is 1. The Labute approximate surface area is 130 Å². The van der Waals surface area contributed by atoms with Crippen molar-refractivity contribution in [2.75, 3.05) is 19.0 Å². The molecule has 2 aliphatic heterocycles. The first-order chi connectivity index (χ1) is 10.0. The second-order valence-corrected chi connectivity index (χ2v) is 8.87. The van der Waals surface area contributed by atoms with Gasteiger partial charge in [-0.2, -0.15) is 0 Å². The number of rotatable bonds is 4. The average molecular weight is 330 g/mol. The standard InChI is InChI=1S/C15H20ClNO3S/c16-21(18,19)11-13-6-14-9-20-10-15(7-13)17(14)8-12-4-2-1-3-5-12/h1-5,13-15H,6-11H2. The Hall–Kier alpha value is -0.620. The highest BCUT2D eigenvalue weighted by Gasteiger charge is 2.39. The van der Waals surface area contributed by atoms with E-state index in [0.717, 1.165) is 19.4 Å². The van der Waals surface area contributed by atoms with Gasteiger partial charge in [0.2, 0.25) is 9.05 Å². The van der Waals surface area contributed by atoms with Crippen molar-refractivity contribution in [3.05, 3.63) is 35.9 Å². The lowest BCUT2D eigenvalue weighted by molar-refractivity contribution is -0.0892. The summed E-state index contributed by atoms with van der Waals surface area (Å²) >= 11 is 0. The van der Waals surface area contributed by atoms with Gasteiger partial charge in [-0.3, -0.25) is 4.90 Å². The Bertz CT molecular complexity index is 564. The van der Waals surface area contributed by atoms with Crippen LogP contribution in [0.3, 0.4) is 0 Å². The van der Waals surface area contributed by atoms with E-state index in [0.29, 0.717) is 25.3 Å². The number of ether oxygens (including phenoxy) is 1. The maximum absolute atomic E-state index is 11.3. The number of fused-ring (bicyclic) bond motifs is 2. The minimum absolute atomic E-state index is 0.0841. The van der Waals surface area contributed by atoms with Gasteiger partial charge in [-0.15, -0.1) is 0 Å². The largest absolute Gasteiger partial charge is 0.378 e. The van der Waals surface area contributed by atoms with Gasteiger partial charge in [-0.05, 0) is 24.3 Å². The van der Waals surface area contributed by atoms with Crippen LogP contribution in [0.4, 0.5) is 0 Å². The molecular formula is C15H20ClNO3S. The van der Waals surface area contributed by atoms with Crippen molar-refractivity contribution >= 4 is 19.7 Å². The maximum Gasteiger partial charge on any atom is 0.232 e. The van der Waals surface area contributed by atoms with Crippen molar-refractivity contribution in [1.29, 1.82) is 0 Å². The smallest absolute Gasteiger partial charge is 0.232 e. The zero-order valence-electron chi connectivity index (χ0n) is 11.8. The number of nitrogens with zero attached hydrogens (tertiary/aromatic N) is 1. The summed E-state index contributed by atoms with van der Waals surface area (Å²) in [6, 6.07) is 11.0. The minimum atomic E-state index is -3.42. The Morgan fingerprint density at radius 1 is 1.14 bits per heavy atom. The van der Waals surface area contributed by atoms with Crippen molar-refractivity contribution in [1.82, 2.24) is 4.90 Å². The lowest BCUT2D eigenvalue weighted by Crippen LogP contribution is -2.56. The summed E-state index contributed by atoms with van der Waals surface area (Å²) in [6.45, 7) is 2.27. The van der Waals surface area contributed by atoms with E-state index < -0.39 is 9.05 Å². The van der Waals surface area contributed by atoms with Crippen LogP contribution in [0.1, 0.15) is 18.4 Å². The zero-order valence-corrected chi connectivity index (χ0v) is 13.4. The summed E-state index contributed by atoms with van der Waals surface area (Å²) in [4.78, 5) is 2.47. The van der Waals surface area contributed by atoms with Gasteiger partial charge >= 0.3 is 0 Å². The normalized spacial score (nSPS) is 30.2. The van der Waals surface area contributed by atoms with Crippen molar-refractivity contribution in [2.45, 2.75) is 31.5 Å². The number of hydrogen-bond acceptors (Lipinski definition) is 4. The summed E-state index contributed by atoms with van der Waals surface area (Å²) in [6.07, 6.45) is 1.69. The molecule has 0 aromatic heterocycles. The predicted octanol–water partition coefficient (Wildman–Crippen LogP) is 2.23. The van der Waals surface area contributed by atoms with Gasteiger partial charge in [0.25, 0.3) is 0 Å². The van der Waals surface area contributed by atoms with Gasteiger partial charge in [0.1, 0.15) is 0 Å². The fraction of sp³-hybridized carbons (Fsp3) is 0.600. The third kappa shape index (κ3) is 3.97. The highest BCUT2D eigenvalue weighted by Crippen LogP contribution is 2.33. The second-order valence-electron chi connectivity index (χ2n) is 6.05. The molecule has 1 aromatic carbocycles. The lowest BCUT2D eigenvalue weighted by Gasteiger charge is -2.48. The molecule has 1 aromatic rings. The van der Waals surface area contributed by atoms with Gasteiger partial charge in [0, 0.05) is 29.3 Å². The molecule has 4 nitrogen and oxygen atoms in total. The highest BCUT2D eigenvalue weighted by molar-refractivity contribution is 8.13. The van der Waals surface area contributed by atoms with Gasteiger partial charge in [-0.1, -0.05) is 30.3 Å². The molecular weight excluding hydrogens is 310 g/mol. The third-order valence-corrected chi connectivity index (χ3v) is 5.66. The summed E-state index contributed by atoms with van der Waals surface area (Å²) in [5.41, 5.74) is 1.29. The Morgan fingerprint density at radius 3 is 2.33 bits per heavy atom. The van der Waals surface area contributed by atoms with Crippen LogP contribution in [0, 0.1) is 5.92 Å². The first kappa shape index (κ1) is 15.3. The molecule has 2 saturated heterocycles. The number of hydrogen-bond donors (Lipinski definition) is 0. The molecule has 2 unspecified atom stereocenters. The Morgan fingerprint density at radius 2 is 1.76 bits per heavy atom. The van der Waals surface area contributed by atoms with Crippen molar-refractivity contribution in [3.63, 3.8) is 0 Å². The van der Waals surface area contributed by atoms with Gasteiger partial charge < -0.3 is 4.74 Å². The van der Waals surface area contributed by atoms with E-state index in [4.69, 9.17) is 15.4 Å². The molecule has 0 N–H and O–H groups in total. The number of benzene rings is 1. The summed E-state index contributed by atoms with van der Waals surface area (Å²) in [7, 11) is 2.00. The summed E-state index contributed by atoms with van der Waals surface area (Å²) < 4.78 is 28.3.